The molecule has 1 aromatic carbocycles. The quantitative estimate of drug-likeness (QED) is 0.933. The number of likely N-dealkylation sites (tertiary alicyclic amines) is 1. The first-order chi connectivity index (χ1) is 11.0. The molecule has 1 N–H and O–H groups in total. The van der Waals surface area contributed by atoms with Crippen LogP contribution in [-0.4, -0.2) is 53.7 Å². The van der Waals surface area contributed by atoms with Crippen molar-refractivity contribution in [3.05, 3.63) is 24.3 Å². The van der Waals surface area contributed by atoms with Gasteiger partial charge in [-0.05, 0) is 50.9 Å². The topological polar surface area (TPSA) is 56.7 Å². The van der Waals surface area contributed by atoms with Crippen molar-refractivity contribution in [2.24, 2.45) is 5.92 Å². The Balaban J connectivity index is 1.60. The molecule has 1 atom stereocenters. The van der Waals surface area contributed by atoms with Gasteiger partial charge >= 0.3 is 0 Å². The van der Waals surface area contributed by atoms with Gasteiger partial charge in [0.25, 0.3) is 0 Å². The number of nitrogens with zero attached hydrogens (tertiary/aromatic N) is 3. The van der Waals surface area contributed by atoms with Crippen molar-refractivity contribution in [2.45, 2.75) is 25.9 Å². The molecule has 1 unspecified atom stereocenters. The van der Waals surface area contributed by atoms with Crippen LogP contribution in [0.5, 0.6) is 0 Å². The van der Waals surface area contributed by atoms with Crippen molar-refractivity contribution in [3.63, 3.8) is 0 Å². The van der Waals surface area contributed by atoms with Gasteiger partial charge in [-0.15, -0.1) is 0 Å². The van der Waals surface area contributed by atoms with E-state index in [4.69, 9.17) is 0 Å². The lowest BCUT2D eigenvalue weighted by Gasteiger charge is -2.33. The number of benzene rings is 1. The largest absolute Gasteiger partial charge is 0.393 e. The molecule has 0 saturated carbocycles. The van der Waals surface area contributed by atoms with Crippen LogP contribution in [0.15, 0.2) is 24.3 Å². The summed E-state index contributed by atoms with van der Waals surface area (Å²) in [6.07, 6.45) is 1.66. The normalized spacial score (nSPS) is 18.2. The molecule has 1 aromatic heterocycles. The molecule has 0 bridgehead atoms. The number of carbonyl (C=O) groups excluding carboxylic acids is 1. The smallest absolute Gasteiger partial charge is 0.242 e. The number of aliphatic hydroxyl groups excluding tert-OH is 1. The molecule has 124 valence electrons. The van der Waals surface area contributed by atoms with E-state index in [2.05, 4.69) is 9.88 Å². The zero-order valence-corrected chi connectivity index (χ0v) is 14.4. The van der Waals surface area contributed by atoms with Crippen LogP contribution >= 0.6 is 11.3 Å². The zero-order valence-electron chi connectivity index (χ0n) is 13.6. The molecule has 1 aliphatic rings. The van der Waals surface area contributed by atoms with Crippen LogP contribution in [-0.2, 0) is 4.79 Å². The number of aromatic nitrogens is 1. The Morgan fingerprint density at radius 3 is 2.78 bits per heavy atom. The number of piperidine rings is 1. The van der Waals surface area contributed by atoms with E-state index in [1.807, 2.05) is 31.2 Å². The molecule has 0 aliphatic carbocycles. The van der Waals surface area contributed by atoms with Crippen molar-refractivity contribution in [1.82, 2.24) is 9.88 Å². The molecular weight excluding hydrogens is 310 g/mol. The lowest BCUT2D eigenvalue weighted by Crippen LogP contribution is -2.43. The van der Waals surface area contributed by atoms with Crippen LogP contribution < -0.4 is 4.90 Å². The molecule has 2 aromatic rings. The highest BCUT2D eigenvalue weighted by atomic mass is 32.1. The predicted molar refractivity (Wildman–Crippen MR) is 93.9 cm³/mol. The molecular formula is C17H23N3O2S. The van der Waals surface area contributed by atoms with Gasteiger partial charge < -0.3 is 5.11 Å². The average molecular weight is 333 g/mol. The molecule has 6 heteroatoms. The molecule has 1 saturated heterocycles. The van der Waals surface area contributed by atoms with Crippen LogP contribution in [0.1, 0.15) is 19.8 Å². The monoisotopic (exact) mass is 333 g/mol. The molecule has 2 heterocycles. The van der Waals surface area contributed by atoms with Crippen LogP contribution in [0.2, 0.25) is 0 Å². The van der Waals surface area contributed by atoms with Crippen LogP contribution in [0.4, 0.5) is 5.13 Å². The first-order valence-corrected chi connectivity index (χ1v) is 8.89. The van der Waals surface area contributed by atoms with Gasteiger partial charge in [-0.2, -0.15) is 0 Å². The fourth-order valence-electron chi connectivity index (χ4n) is 3.00. The van der Waals surface area contributed by atoms with Gasteiger partial charge in [0.2, 0.25) is 5.91 Å². The number of hydrogen-bond donors (Lipinski definition) is 1. The Bertz CT molecular complexity index is 644. The van der Waals surface area contributed by atoms with Crippen molar-refractivity contribution in [3.8, 4) is 0 Å². The van der Waals surface area contributed by atoms with Gasteiger partial charge in [-0.3, -0.25) is 14.6 Å². The molecule has 0 radical (unpaired) electrons. The summed E-state index contributed by atoms with van der Waals surface area (Å²) in [7, 11) is 1.79. The predicted octanol–water partition coefficient (Wildman–Crippen LogP) is 2.35. The van der Waals surface area contributed by atoms with Gasteiger partial charge in [0.15, 0.2) is 5.13 Å². The van der Waals surface area contributed by atoms with Gasteiger partial charge in [0.05, 0.1) is 22.9 Å². The van der Waals surface area contributed by atoms with Gasteiger partial charge in [-0.1, -0.05) is 23.5 Å². The fraction of sp³-hybridized carbons (Fsp3) is 0.529. The maximum absolute atomic E-state index is 12.5. The third-order valence-corrected chi connectivity index (χ3v) is 5.73. The first-order valence-electron chi connectivity index (χ1n) is 8.07. The van der Waals surface area contributed by atoms with E-state index >= 15 is 0 Å². The van der Waals surface area contributed by atoms with Crippen molar-refractivity contribution in [2.75, 3.05) is 31.6 Å². The minimum absolute atomic E-state index is 0.0690. The summed E-state index contributed by atoms with van der Waals surface area (Å²) in [5.74, 6) is 0.433. The maximum Gasteiger partial charge on any atom is 0.242 e. The van der Waals surface area contributed by atoms with Crippen LogP contribution in [0.25, 0.3) is 10.2 Å². The Hall–Kier alpha value is -1.50. The van der Waals surface area contributed by atoms with E-state index in [0.29, 0.717) is 12.5 Å². The summed E-state index contributed by atoms with van der Waals surface area (Å²) in [5.41, 5.74) is 0.935. The van der Waals surface area contributed by atoms with E-state index in [9.17, 15) is 9.90 Å². The Kier molecular flexibility index (Phi) is 4.94. The van der Waals surface area contributed by atoms with Gasteiger partial charge in [-0.25, -0.2) is 4.98 Å². The summed E-state index contributed by atoms with van der Waals surface area (Å²) in [6, 6.07) is 7.93. The SMILES string of the molecule is CC(O)C1CCN(CC(=O)N(C)c2nc3ccccc3s2)CC1. The van der Waals surface area contributed by atoms with E-state index in [1.165, 1.54) is 0 Å². The number of carbonyl (C=O) groups is 1. The molecule has 23 heavy (non-hydrogen) atoms. The second-order valence-electron chi connectivity index (χ2n) is 6.27. The van der Waals surface area contributed by atoms with E-state index < -0.39 is 0 Å². The fourth-order valence-corrected chi connectivity index (χ4v) is 3.95. The summed E-state index contributed by atoms with van der Waals surface area (Å²) >= 11 is 1.54. The molecule has 1 fully saturated rings. The second kappa shape index (κ2) is 6.95. The second-order valence-corrected chi connectivity index (χ2v) is 7.28. The van der Waals surface area contributed by atoms with Crippen molar-refractivity contribution < 1.29 is 9.90 Å². The van der Waals surface area contributed by atoms with Crippen molar-refractivity contribution in [1.29, 1.82) is 0 Å². The number of anilines is 1. The summed E-state index contributed by atoms with van der Waals surface area (Å²) < 4.78 is 1.10. The minimum atomic E-state index is -0.252. The summed E-state index contributed by atoms with van der Waals surface area (Å²) in [6.45, 7) is 4.01. The molecule has 0 spiro atoms. The number of likely N-dealkylation sites (N-methyl/N-ethyl adjacent to an activating group) is 1. The number of para-hydroxylation sites is 1. The number of thiazole rings is 1. The highest BCUT2D eigenvalue weighted by molar-refractivity contribution is 7.22. The zero-order chi connectivity index (χ0) is 16.4. The third kappa shape index (κ3) is 3.71. The van der Waals surface area contributed by atoms with Crippen molar-refractivity contribution >= 4 is 32.6 Å². The molecule has 5 nitrogen and oxygen atoms in total. The number of aliphatic hydroxyl groups is 1. The molecule has 1 amide bonds. The third-order valence-electron chi connectivity index (χ3n) is 4.62. The summed E-state index contributed by atoms with van der Waals surface area (Å²) in [4.78, 5) is 20.9. The van der Waals surface area contributed by atoms with Crippen LogP contribution in [0.3, 0.4) is 0 Å². The standard InChI is InChI=1S/C17H23N3O2S/c1-12(21)13-7-9-20(10-8-13)11-16(22)19(2)17-18-14-5-3-4-6-15(14)23-17/h3-6,12-13,21H,7-11H2,1-2H3. The highest BCUT2D eigenvalue weighted by Crippen LogP contribution is 2.28. The van der Waals surface area contributed by atoms with E-state index in [-0.39, 0.29) is 12.0 Å². The number of hydrogen-bond acceptors (Lipinski definition) is 5. The average Bonchev–Trinajstić information content (AvgIpc) is 2.98. The Morgan fingerprint density at radius 2 is 2.13 bits per heavy atom. The number of rotatable bonds is 4. The molecule has 1 aliphatic heterocycles. The lowest BCUT2D eigenvalue weighted by atomic mass is 9.92. The Labute approximate surface area is 140 Å². The van der Waals surface area contributed by atoms with Gasteiger partial charge in [0.1, 0.15) is 0 Å². The van der Waals surface area contributed by atoms with Gasteiger partial charge in [0, 0.05) is 7.05 Å². The number of fused-ring (bicyclic) bond motifs is 1. The highest BCUT2D eigenvalue weighted by Gasteiger charge is 2.25. The number of amides is 1. The first kappa shape index (κ1) is 16.4. The Morgan fingerprint density at radius 1 is 1.43 bits per heavy atom. The van der Waals surface area contributed by atoms with E-state index in [0.717, 1.165) is 41.3 Å². The maximum atomic E-state index is 12.5. The summed E-state index contributed by atoms with van der Waals surface area (Å²) in [5, 5.41) is 10.4. The lowest BCUT2D eigenvalue weighted by molar-refractivity contribution is -0.119. The minimum Gasteiger partial charge on any atom is -0.393 e. The molecule has 3 rings (SSSR count). The van der Waals surface area contributed by atoms with Crippen LogP contribution in [0, 0.1) is 5.92 Å². The van der Waals surface area contributed by atoms with E-state index in [1.54, 1.807) is 23.3 Å².